The summed E-state index contributed by atoms with van der Waals surface area (Å²) in [5.74, 6) is 0.649. The first-order chi connectivity index (χ1) is 16.9. The predicted molar refractivity (Wildman–Crippen MR) is 132 cm³/mol. The summed E-state index contributed by atoms with van der Waals surface area (Å²) in [5.41, 5.74) is 2.25. The molecule has 190 valence electrons. The van der Waals surface area contributed by atoms with E-state index in [4.69, 9.17) is 14.2 Å². The Labute approximate surface area is 207 Å². The second kappa shape index (κ2) is 13.3. The third-order valence-electron chi connectivity index (χ3n) is 6.30. The van der Waals surface area contributed by atoms with Crippen LogP contribution in [0.2, 0.25) is 0 Å². The normalized spacial score (nSPS) is 23.2. The molecule has 1 saturated heterocycles. The summed E-state index contributed by atoms with van der Waals surface area (Å²) in [6, 6.07) is 0. The highest BCUT2D eigenvalue weighted by atomic mass is 16.6. The van der Waals surface area contributed by atoms with E-state index in [1.807, 2.05) is 12.2 Å². The number of ether oxygens (including phenoxy) is 4. The first-order valence-electron chi connectivity index (χ1n) is 12.3. The van der Waals surface area contributed by atoms with Crippen molar-refractivity contribution in [2.75, 3.05) is 7.11 Å². The van der Waals surface area contributed by atoms with Crippen LogP contribution in [0.3, 0.4) is 0 Å². The summed E-state index contributed by atoms with van der Waals surface area (Å²) in [7, 11) is 1.34. The van der Waals surface area contributed by atoms with E-state index in [0.717, 1.165) is 37.0 Å². The fraction of sp³-hybridized carbons (Fsp3) is 0.500. The lowest BCUT2D eigenvalue weighted by Crippen LogP contribution is -2.29. The van der Waals surface area contributed by atoms with Crippen molar-refractivity contribution in [2.45, 2.75) is 83.2 Å². The monoisotopic (exact) mass is 484 g/mol. The largest absolute Gasteiger partial charge is 0.492 e. The molecule has 3 atom stereocenters. The number of carbonyl (C=O) groups excluding carboxylic acids is 2. The van der Waals surface area contributed by atoms with Gasteiger partial charge in [-0.05, 0) is 55.1 Å². The number of allylic oxidation sites excluding steroid dienone is 8. The number of hydrogen-bond acceptors (Lipinski definition) is 7. The average Bonchev–Trinajstić information content (AvgIpc) is 3.21. The Balaban J connectivity index is 1.56. The molecule has 0 radical (unpaired) electrons. The number of aliphatic hydroxyl groups excluding tert-OH is 1. The summed E-state index contributed by atoms with van der Waals surface area (Å²) in [6.45, 7) is 6.03. The summed E-state index contributed by atoms with van der Waals surface area (Å²) in [6.07, 6.45) is 16.0. The van der Waals surface area contributed by atoms with Gasteiger partial charge in [0, 0.05) is 30.9 Å². The van der Waals surface area contributed by atoms with Gasteiger partial charge in [-0.2, -0.15) is 0 Å². The maximum Gasteiger partial charge on any atom is 0.339 e. The van der Waals surface area contributed by atoms with Crippen LogP contribution in [0.5, 0.6) is 0 Å². The highest BCUT2D eigenvalue weighted by molar-refractivity contribution is 5.90. The van der Waals surface area contributed by atoms with Crippen molar-refractivity contribution in [2.24, 2.45) is 0 Å². The van der Waals surface area contributed by atoms with Crippen molar-refractivity contribution < 1.29 is 33.6 Å². The van der Waals surface area contributed by atoms with Gasteiger partial charge in [0.05, 0.1) is 12.9 Å². The highest BCUT2D eigenvalue weighted by Gasteiger charge is 2.35. The second-order valence-electron chi connectivity index (χ2n) is 8.99. The number of methoxy groups -OCH3 is 1. The molecule has 3 unspecified atom stereocenters. The Hall–Kier alpha value is -2.90. The Bertz CT molecular complexity index is 950. The minimum absolute atomic E-state index is 0.162. The van der Waals surface area contributed by atoms with Gasteiger partial charge in [0.15, 0.2) is 6.29 Å². The molecule has 0 aromatic heterocycles. The van der Waals surface area contributed by atoms with Gasteiger partial charge in [-0.25, -0.2) is 9.59 Å². The minimum atomic E-state index is -0.928. The molecule has 35 heavy (non-hydrogen) atoms. The van der Waals surface area contributed by atoms with Crippen LogP contribution in [0, 0.1) is 0 Å². The Morgan fingerprint density at radius 1 is 1.14 bits per heavy atom. The number of hydrogen-bond donors (Lipinski definition) is 1. The van der Waals surface area contributed by atoms with Gasteiger partial charge in [-0.3, -0.25) is 0 Å². The van der Waals surface area contributed by atoms with Crippen molar-refractivity contribution in [1.29, 1.82) is 0 Å². The van der Waals surface area contributed by atoms with Gasteiger partial charge >= 0.3 is 11.9 Å². The van der Waals surface area contributed by atoms with E-state index in [2.05, 4.69) is 18.2 Å². The van der Waals surface area contributed by atoms with Crippen LogP contribution in [-0.2, 0) is 28.5 Å². The van der Waals surface area contributed by atoms with Crippen LogP contribution >= 0.6 is 0 Å². The maximum atomic E-state index is 12.6. The molecule has 3 rings (SSSR count). The quantitative estimate of drug-likeness (QED) is 0.189. The van der Waals surface area contributed by atoms with Gasteiger partial charge in [0.25, 0.3) is 0 Å². The molecule has 7 heteroatoms. The number of esters is 2. The summed E-state index contributed by atoms with van der Waals surface area (Å²) in [4.78, 5) is 23.8. The second-order valence-corrected chi connectivity index (χ2v) is 8.99. The van der Waals surface area contributed by atoms with Crippen LogP contribution < -0.4 is 0 Å². The van der Waals surface area contributed by atoms with E-state index >= 15 is 0 Å². The van der Waals surface area contributed by atoms with Crippen LogP contribution in [-0.4, -0.2) is 42.7 Å². The first kappa shape index (κ1) is 26.7. The van der Waals surface area contributed by atoms with Crippen molar-refractivity contribution in [1.82, 2.24) is 0 Å². The fourth-order valence-electron chi connectivity index (χ4n) is 4.17. The third-order valence-corrected chi connectivity index (χ3v) is 6.30. The first-order valence-corrected chi connectivity index (χ1v) is 12.3. The highest BCUT2D eigenvalue weighted by Crippen LogP contribution is 2.32. The van der Waals surface area contributed by atoms with Gasteiger partial charge in [0.2, 0.25) is 0 Å². The van der Waals surface area contributed by atoms with Gasteiger partial charge < -0.3 is 24.1 Å². The van der Waals surface area contributed by atoms with Gasteiger partial charge in [-0.1, -0.05) is 38.5 Å². The molecule has 0 saturated carbocycles. The van der Waals surface area contributed by atoms with Crippen molar-refractivity contribution in [3.63, 3.8) is 0 Å². The van der Waals surface area contributed by atoms with Crippen LogP contribution in [0.1, 0.15) is 64.7 Å². The number of aliphatic hydroxyl groups is 1. The molecule has 0 aromatic rings. The molecule has 0 bridgehead atoms. The molecule has 0 spiro atoms. The van der Waals surface area contributed by atoms with Crippen LogP contribution in [0.25, 0.3) is 0 Å². The third kappa shape index (κ3) is 8.08. The number of carbonyl (C=O) groups is 2. The molecule has 3 aliphatic rings. The standard InChI is InChI=1S/C28H36O7/c1-4-5-6-7-24(25-18-19(2)27(30)35-25)33-22-15-11-21(12-16-22)28(31)34-23-13-8-20(9-14-23)10-17-26(29)32-3/h8,10-11,13,15,17,24-25,27,30H,2,4-7,9,12,14,16,18H2,1,3H3/b17-10+. The summed E-state index contributed by atoms with van der Waals surface area (Å²) >= 11 is 0. The Morgan fingerprint density at radius 2 is 1.91 bits per heavy atom. The molecule has 1 aliphatic heterocycles. The fourth-order valence-corrected chi connectivity index (χ4v) is 4.17. The van der Waals surface area contributed by atoms with Gasteiger partial charge in [0.1, 0.15) is 18.0 Å². The predicted octanol–water partition coefficient (Wildman–Crippen LogP) is 5.10. The van der Waals surface area contributed by atoms with E-state index in [1.165, 1.54) is 13.2 Å². The maximum absolute atomic E-state index is 12.6. The molecule has 1 N–H and O–H groups in total. The lowest BCUT2D eigenvalue weighted by molar-refractivity contribution is -0.136. The molecule has 0 amide bonds. The zero-order chi connectivity index (χ0) is 25.2. The zero-order valence-corrected chi connectivity index (χ0v) is 20.7. The van der Waals surface area contributed by atoms with E-state index in [1.54, 1.807) is 18.2 Å². The van der Waals surface area contributed by atoms with Gasteiger partial charge in [-0.15, -0.1) is 0 Å². The van der Waals surface area contributed by atoms with E-state index in [-0.39, 0.29) is 18.2 Å². The molecule has 1 heterocycles. The molecule has 1 fully saturated rings. The molecule has 0 aromatic carbocycles. The van der Waals surface area contributed by atoms with Crippen molar-refractivity contribution in [3.05, 3.63) is 71.3 Å². The van der Waals surface area contributed by atoms with E-state index < -0.39 is 12.3 Å². The van der Waals surface area contributed by atoms with Crippen LogP contribution in [0.4, 0.5) is 0 Å². The summed E-state index contributed by atoms with van der Waals surface area (Å²) < 4.78 is 22.1. The molecular weight excluding hydrogens is 448 g/mol. The Kier molecular flexibility index (Phi) is 10.1. The Morgan fingerprint density at radius 3 is 2.51 bits per heavy atom. The SMILES string of the molecule is C=C1CC(C(CCCCC)OC2=CC=C(C(=O)OC3=CC=C(/C=C/C(=O)OC)CC3)CC2)OC1O. The topological polar surface area (TPSA) is 91.3 Å². The lowest BCUT2D eigenvalue weighted by atomic mass is 10.0. The van der Waals surface area contributed by atoms with E-state index in [9.17, 15) is 14.7 Å². The lowest BCUT2D eigenvalue weighted by Gasteiger charge is -2.27. The minimum Gasteiger partial charge on any atom is -0.492 e. The van der Waals surface area contributed by atoms with Crippen molar-refractivity contribution >= 4 is 11.9 Å². The molecular formula is C28H36O7. The molecule has 7 nitrogen and oxygen atoms in total. The zero-order valence-electron chi connectivity index (χ0n) is 20.7. The van der Waals surface area contributed by atoms with Crippen molar-refractivity contribution in [3.8, 4) is 0 Å². The molecule has 2 aliphatic carbocycles. The average molecular weight is 485 g/mol. The summed E-state index contributed by atoms with van der Waals surface area (Å²) in [5, 5.41) is 9.92. The number of unbranched alkanes of at least 4 members (excludes halogenated alkanes) is 2. The smallest absolute Gasteiger partial charge is 0.339 e. The van der Waals surface area contributed by atoms with E-state index in [0.29, 0.717) is 49.0 Å². The van der Waals surface area contributed by atoms with Crippen LogP contribution in [0.15, 0.2) is 71.3 Å². The number of rotatable bonds is 11.